The van der Waals surface area contributed by atoms with Gasteiger partial charge in [0.1, 0.15) is 0 Å². The van der Waals surface area contributed by atoms with Crippen LogP contribution in [-0.2, 0) is 6.54 Å². The number of aliphatic hydroxyl groups excluding tert-OH is 1. The van der Waals surface area contributed by atoms with Gasteiger partial charge in [0.05, 0.1) is 12.6 Å². The van der Waals surface area contributed by atoms with Crippen LogP contribution in [0.2, 0.25) is 0 Å². The molecule has 116 valence electrons. The first-order valence-electron chi connectivity index (χ1n) is 7.47. The average molecular weight is 298 g/mol. The zero-order valence-electron chi connectivity index (χ0n) is 12.8. The number of benzene rings is 2. The van der Waals surface area contributed by atoms with Crippen LogP contribution in [0.25, 0.3) is 0 Å². The van der Waals surface area contributed by atoms with Crippen LogP contribution in [0.1, 0.15) is 29.3 Å². The molecule has 0 aliphatic carbocycles. The molecule has 0 saturated heterocycles. The highest BCUT2D eigenvalue weighted by atomic mass is 16.3. The van der Waals surface area contributed by atoms with Crippen molar-refractivity contribution in [2.45, 2.75) is 25.9 Å². The minimum atomic E-state index is -0.428. The SMILES string of the molecule is CCC(CO)N(Cc1cccc(C(N)=O)c1)c1ccccc1. The van der Waals surface area contributed by atoms with Crippen molar-refractivity contribution in [3.8, 4) is 0 Å². The zero-order valence-corrected chi connectivity index (χ0v) is 12.8. The Morgan fingerprint density at radius 1 is 1.18 bits per heavy atom. The van der Waals surface area contributed by atoms with Crippen molar-refractivity contribution in [1.82, 2.24) is 0 Å². The summed E-state index contributed by atoms with van der Waals surface area (Å²) in [5.41, 5.74) is 7.89. The van der Waals surface area contributed by atoms with Crippen LogP contribution in [0.4, 0.5) is 5.69 Å². The number of hydrogen-bond donors (Lipinski definition) is 2. The number of carbonyl (C=O) groups excluding carboxylic acids is 1. The van der Waals surface area contributed by atoms with E-state index in [1.54, 1.807) is 6.07 Å². The molecule has 0 saturated carbocycles. The molecule has 3 N–H and O–H groups in total. The fraction of sp³-hybridized carbons (Fsp3) is 0.278. The monoisotopic (exact) mass is 298 g/mol. The van der Waals surface area contributed by atoms with E-state index in [1.165, 1.54) is 0 Å². The van der Waals surface area contributed by atoms with Crippen LogP contribution >= 0.6 is 0 Å². The first-order valence-corrected chi connectivity index (χ1v) is 7.47. The van der Waals surface area contributed by atoms with Gasteiger partial charge in [0.2, 0.25) is 5.91 Å². The molecule has 0 radical (unpaired) electrons. The Hall–Kier alpha value is -2.33. The lowest BCUT2D eigenvalue weighted by molar-refractivity contribution is 0.1000. The fourth-order valence-corrected chi connectivity index (χ4v) is 2.52. The second kappa shape index (κ2) is 7.61. The van der Waals surface area contributed by atoms with Gasteiger partial charge in [0.25, 0.3) is 0 Å². The third-order valence-corrected chi connectivity index (χ3v) is 3.78. The van der Waals surface area contributed by atoms with Crippen LogP contribution in [0.5, 0.6) is 0 Å². The van der Waals surface area contributed by atoms with Crippen molar-refractivity contribution in [3.63, 3.8) is 0 Å². The molecule has 1 amide bonds. The highest BCUT2D eigenvalue weighted by Gasteiger charge is 2.17. The Morgan fingerprint density at radius 2 is 1.91 bits per heavy atom. The summed E-state index contributed by atoms with van der Waals surface area (Å²) in [5.74, 6) is -0.428. The quantitative estimate of drug-likeness (QED) is 0.825. The normalized spacial score (nSPS) is 11.9. The van der Waals surface area contributed by atoms with E-state index in [4.69, 9.17) is 5.73 Å². The summed E-state index contributed by atoms with van der Waals surface area (Å²) in [4.78, 5) is 13.5. The van der Waals surface area contributed by atoms with Gasteiger partial charge in [-0.3, -0.25) is 4.79 Å². The smallest absolute Gasteiger partial charge is 0.248 e. The van der Waals surface area contributed by atoms with Crippen LogP contribution in [0, 0.1) is 0 Å². The minimum absolute atomic E-state index is 0.0274. The van der Waals surface area contributed by atoms with Crippen molar-refractivity contribution in [2.75, 3.05) is 11.5 Å². The molecule has 0 fully saturated rings. The maximum absolute atomic E-state index is 11.3. The van der Waals surface area contributed by atoms with E-state index < -0.39 is 5.91 Å². The van der Waals surface area contributed by atoms with Crippen molar-refractivity contribution in [1.29, 1.82) is 0 Å². The Bertz CT molecular complexity index is 609. The van der Waals surface area contributed by atoms with Crippen LogP contribution in [-0.4, -0.2) is 23.7 Å². The van der Waals surface area contributed by atoms with E-state index in [0.717, 1.165) is 17.7 Å². The number of hydrogen-bond acceptors (Lipinski definition) is 3. The first-order chi connectivity index (χ1) is 10.7. The van der Waals surface area contributed by atoms with Gasteiger partial charge in [-0.2, -0.15) is 0 Å². The highest BCUT2D eigenvalue weighted by Crippen LogP contribution is 2.21. The number of aliphatic hydroxyl groups is 1. The summed E-state index contributed by atoms with van der Waals surface area (Å²) < 4.78 is 0. The molecule has 0 aromatic heterocycles. The molecule has 2 rings (SSSR count). The Kier molecular flexibility index (Phi) is 5.55. The molecule has 0 heterocycles. The number of para-hydroxylation sites is 1. The largest absolute Gasteiger partial charge is 0.394 e. The number of rotatable bonds is 7. The first kappa shape index (κ1) is 16.0. The molecule has 1 unspecified atom stereocenters. The summed E-state index contributed by atoms with van der Waals surface area (Å²) in [6.45, 7) is 2.75. The van der Waals surface area contributed by atoms with Crippen molar-refractivity contribution >= 4 is 11.6 Å². The summed E-state index contributed by atoms with van der Waals surface area (Å²) in [7, 11) is 0. The molecule has 4 heteroatoms. The number of nitrogens with two attached hydrogens (primary N) is 1. The van der Waals surface area contributed by atoms with E-state index in [-0.39, 0.29) is 12.6 Å². The summed E-state index contributed by atoms with van der Waals surface area (Å²) >= 11 is 0. The molecule has 0 bridgehead atoms. The number of primary amides is 1. The van der Waals surface area contributed by atoms with E-state index >= 15 is 0 Å². The molecule has 2 aromatic carbocycles. The lowest BCUT2D eigenvalue weighted by Gasteiger charge is -2.32. The van der Waals surface area contributed by atoms with Gasteiger partial charge in [0, 0.05) is 17.8 Å². The van der Waals surface area contributed by atoms with E-state index in [0.29, 0.717) is 12.1 Å². The summed E-state index contributed by atoms with van der Waals surface area (Å²) in [5, 5.41) is 9.66. The Morgan fingerprint density at radius 3 is 2.50 bits per heavy atom. The van der Waals surface area contributed by atoms with E-state index in [9.17, 15) is 9.90 Å². The number of amides is 1. The minimum Gasteiger partial charge on any atom is -0.394 e. The predicted octanol–water partition coefficient (Wildman–Crippen LogP) is 2.56. The van der Waals surface area contributed by atoms with Gasteiger partial charge in [-0.15, -0.1) is 0 Å². The Balaban J connectivity index is 2.30. The second-order valence-corrected chi connectivity index (χ2v) is 5.27. The van der Waals surface area contributed by atoms with Crippen LogP contribution < -0.4 is 10.6 Å². The number of anilines is 1. The number of carbonyl (C=O) groups is 1. The molecular weight excluding hydrogens is 276 g/mol. The van der Waals surface area contributed by atoms with Gasteiger partial charge < -0.3 is 15.7 Å². The maximum atomic E-state index is 11.3. The summed E-state index contributed by atoms with van der Waals surface area (Å²) in [6.07, 6.45) is 0.834. The van der Waals surface area contributed by atoms with E-state index in [1.807, 2.05) is 48.5 Å². The van der Waals surface area contributed by atoms with Crippen molar-refractivity contribution < 1.29 is 9.90 Å². The fourth-order valence-electron chi connectivity index (χ4n) is 2.52. The van der Waals surface area contributed by atoms with E-state index in [2.05, 4.69) is 11.8 Å². The van der Waals surface area contributed by atoms with Crippen molar-refractivity contribution in [3.05, 3.63) is 65.7 Å². The van der Waals surface area contributed by atoms with Crippen molar-refractivity contribution in [2.24, 2.45) is 5.73 Å². The molecular formula is C18H22N2O2. The Labute approximate surface area is 131 Å². The number of nitrogens with zero attached hydrogens (tertiary/aromatic N) is 1. The zero-order chi connectivity index (χ0) is 15.9. The molecule has 4 nitrogen and oxygen atoms in total. The lowest BCUT2D eigenvalue weighted by Crippen LogP contribution is -2.37. The van der Waals surface area contributed by atoms with Crippen LogP contribution in [0.15, 0.2) is 54.6 Å². The molecule has 0 aliphatic rings. The molecule has 22 heavy (non-hydrogen) atoms. The highest BCUT2D eigenvalue weighted by molar-refractivity contribution is 5.92. The third-order valence-electron chi connectivity index (χ3n) is 3.78. The van der Waals surface area contributed by atoms with Crippen LogP contribution in [0.3, 0.4) is 0 Å². The lowest BCUT2D eigenvalue weighted by atomic mass is 10.1. The van der Waals surface area contributed by atoms with Gasteiger partial charge in [-0.05, 0) is 36.2 Å². The van der Waals surface area contributed by atoms with Gasteiger partial charge in [-0.1, -0.05) is 37.3 Å². The standard InChI is InChI=1S/C18H22N2O2/c1-2-16(13-21)20(17-9-4-3-5-10-17)12-14-7-6-8-15(11-14)18(19)22/h3-11,16,21H,2,12-13H2,1H3,(H2,19,22). The van der Waals surface area contributed by atoms with Gasteiger partial charge in [0.15, 0.2) is 0 Å². The average Bonchev–Trinajstić information content (AvgIpc) is 2.56. The maximum Gasteiger partial charge on any atom is 0.248 e. The molecule has 1 atom stereocenters. The third kappa shape index (κ3) is 3.86. The van der Waals surface area contributed by atoms with Gasteiger partial charge in [-0.25, -0.2) is 0 Å². The predicted molar refractivity (Wildman–Crippen MR) is 88.7 cm³/mol. The topological polar surface area (TPSA) is 66.6 Å². The molecule has 2 aromatic rings. The molecule has 0 spiro atoms. The second-order valence-electron chi connectivity index (χ2n) is 5.27. The molecule has 0 aliphatic heterocycles. The summed E-state index contributed by atoms with van der Waals surface area (Å²) in [6, 6.07) is 17.3. The van der Waals surface area contributed by atoms with Gasteiger partial charge >= 0.3 is 0 Å².